The van der Waals surface area contributed by atoms with Crippen molar-refractivity contribution in [2.45, 2.75) is 13.8 Å². The van der Waals surface area contributed by atoms with Crippen molar-refractivity contribution in [1.82, 2.24) is 19.7 Å². The molecule has 0 unspecified atom stereocenters. The molecule has 2 N–H and O–H groups in total. The maximum atomic E-state index is 12.2. The van der Waals surface area contributed by atoms with Gasteiger partial charge in [-0.25, -0.2) is 4.98 Å². The van der Waals surface area contributed by atoms with E-state index in [2.05, 4.69) is 20.4 Å². The van der Waals surface area contributed by atoms with Gasteiger partial charge >= 0.3 is 0 Å². The van der Waals surface area contributed by atoms with Gasteiger partial charge < -0.3 is 5.32 Å². The van der Waals surface area contributed by atoms with Crippen LogP contribution >= 0.6 is 0 Å². The molecule has 2 aromatic heterocycles. The largest absolute Gasteiger partial charge is 0.307 e. The number of rotatable bonds is 4. The third kappa shape index (κ3) is 4.08. The number of nitrogens with one attached hydrogen (secondary N) is 2. The summed E-state index contributed by atoms with van der Waals surface area (Å²) >= 11 is 0. The Morgan fingerprint density at radius 1 is 1.16 bits per heavy atom. The van der Waals surface area contributed by atoms with E-state index in [1.165, 1.54) is 16.8 Å². The molecule has 0 bridgehead atoms. The standard InChI is InChI=1S/C18H17N5O2/c1-12-11-17(25)21-18(19-12)23-15(10-13(2)22-23)20-16(24)9-8-14-6-4-3-5-7-14/h3-11H,1-2H3,(H,20,24)(H,19,21,25)/b9-8+. The molecule has 0 saturated heterocycles. The van der Waals surface area contributed by atoms with Gasteiger partial charge in [0.2, 0.25) is 11.9 Å². The second-order valence-corrected chi connectivity index (χ2v) is 5.53. The van der Waals surface area contributed by atoms with Gasteiger partial charge in [0, 0.05) is 23.9 Å². The predicted molar refractivity (Wildman–Crippen MR) is 95.6 cm³/mol. The molecular formula is C18H17N5O2. The maximum Gasteiger partial charge on any atom is 0.252 e. The lowest BCUT2D eigenvalue weighted by atomic mass is 10.2. The monoisotopic (exact) mass is 335 g/mol. The Morgan fingerprint density at radius 2 is 1.92 bits per heavy atom. The second kappa shape index (κ2) is 6.96. The van der Waals surface area contributed by atoms with Crippen LogP contribution in [0.3, 0.4) is 0 Å². The number of amides is 1. The van der Waals surface area contributed by atoms with Crippen molar-refractivity contribution in [2.24, 2.45) is 0 Å². The van der Waals surface area contributed by atoms with Crippen LogP contribution in [0.15, 0.2) is 53.3 Å². The van der Waals surface area contributed by atoms with Crippen LogP contribution < -0.4 is 10.9 Å². The maximum absolute atomic E-state index is 12.2. The zero-order chi connectivity index (χ0) is 17.8. The molecule has 7 heteroatoms. The van der Waals surface area contributed by atoms with Crippen LogP contribution in [0.1, 0.15) is 17.0 Å². The second-order valence-electron chi connectivity index (χ2n) is 5.53. The van der Waals surface area contributed by atoms with Crippen LogP contribution in [0.5, 0.6) is 0 Å². The van der Waals surface area contributed by atoms with Gasteiger partial charge in [-0.05, 0) is 25.5 Å². The summed E-state index contributed by atoms with van der Waals surface area (Å²) in [4.78, 5) is 30.7. The van der Waals surface area contributed by atoms with E-state index < -0.39 is 0 Å². The smallest absolute Gasteiger partial charge is 0.252 e. The molecule has 25 heavy (non-hydrogen) atoms. The van der Waals surface area contributed by atoms with Crippen molar-refractivity contribution >= 4 is 17.8 Å². The van der Waals surface area contributed by atoms with Gasteiger partial charge in [0.05, 0.1) is 5.69 Å². The normalized spacial score (nSPS) is 11.0. The SMILES string of the molecule is Cc1cc(=O)[nH]c(-n2nc(C)cc2NC(=O)/C=C/c2ccccc2)n1. The summed E-state index contributed by atoms with van der Waals surface area (Å²) in [6.45, 7) is 3.51. The third-order valence-corrected chi connectivity index (χ3v) is 3.37. The fourth-order valence-electron chi connectivity index (χ4n) is 2.32. The molecule has 3 rings (SSSR count). The number of hydrogen-bond donors (Lipinski definition) is 2. The summed E-state index contributed by atoms with van der Waals surface area (Å²) in [5.41, 5.74) is 1.89. The topological polar surface area (TPSA) is 92.7 Å². The van der Waals surface area contributed by atoms with Gasteiger partial charge in [0.1, 0.15) is 5.82 Å². The lowest BCUT2D eigenvalue weighted by Gasteiger charge is -2.06. The van der Waals surface area contributed by atoms with Gasteiger partial charge in [-0.2, -0.15) is 9.78 Å². The first-order valence-corrected chi connectivity index (χ1v) is 7.70. The molecule has 0 radical (unpaired) electrons. The van der Waals surface area contributed by atoms with E-state index in [0.717, 1.165) is 5.56 Å². The molecule has 3 aromatic rings. The Labute approximate surface area is 144 Å². The van der Waals surface area contributed by atoms with E-state index in [-0.39, 0.29) is 17.4 Å². The fraction of sp³-hybridized carbons (Fsp3) is 0.111. The molecule has 0 saturated carbocycles. The Balaban J connectivity index is 1.85. The summed E-state index contributed by atoms with van der Waals surface area (Å²) in [6.07, 6.45) is 3.16. The molecule has 1 aromatic carbocycles. The molecule has 1 amide bonds. The first kappa shape index (κ1) is 16.4. The molecule has 7 nitrogen and oxygen atoms in total. The minimum Gasteiger partial charge on any atom is -0.307 e. The van der Waals surface area contributed by atoms with Crippen molar-refractivity contribution in [3.63, 3.8) is 0 Å². The minimum atomic E-state index is -0.306. The zero-order valence-electron chi connectivity index (χ0n) is 13.9. The molecule has 0 atom stereocenters. The Hall–Kier alpha value is -3.48. The van der Waals surface area contributed by atoms with E-state index in [1.807, 2.05) is 30.3 Å². The highest BCUT2D eigenvalue weighted by Crippen LogP contribution is 2.14. The van der Waals surface area contributed by atoms with E-state index in [4.69, 9.17) is 0 Å². The number of hydrogen-bond acceptors (Lipinski definition) is 4. The summed E-state index contributed by atoms with van der Waals surface area (Å²) in [7, 11) is 0. The minimum absolute atomic E-state index is 0.250. The summed E-state index contributed by atoms with van der Waals surface area (Å²) in [5.74, 6) is 0.370. The molecule has 0 aliphatic heterocycles. The van der Waals surface area contributed by atoms with Crippen LogP contribution in [0.2, 0.25) is 0 Å². The average Bonchev–Trinajstić information content (AvgIpc) is 2.93. The Kier molecular flexibility index (Phi) is 4.56. The Morgan fingerprint density at radius 3 is 2.64 bits per heavy atom. The number of benzene rings is 1. The van der Waals surface area contributed by atoms with Gasteiger partial charge in [-0.1, -0.05) is 30.3 Å². The quantitative estimate of drug-likeness (QED) is 0.715. The van der Waals surface area contributed by atoms with Crippen LogP contribution in [-0.4, -0.2) is 25.7 Å². The van der Waals surface area contributed by atoms with Crippen molar-refractivity contribution in [1.29, 1.82) is 0 Å². The number of aromatic amines is 1. The van der Waals surface area contributed by atoms with E-state index >= 15 is 0 Å². The van der Waals surface area contributed by atoms with E-state index in [0.29, 0.717) is 17.2 Å². The number of H-pyrrole nitrogens is 1. The predicted octanol–water partition coefficient (Wildman–Crippen LogP) is 2.22. The first-order chi connectivity index (χ1) is 12.0. The van der Waals surface area contributed by atoms with Crippen molar-refractivity contribution in [3.05, 3.63) is 75.8 Å². The van der Waals surface area contributed by atoms with Crippen LogP contribution in [0.4, 0.5) is 5.82 Å². The molecular weight excluding hydrogens is 318 g/mol. The lowest BCUT2D eigenvalue weighted by Crippen LogP contribution is -2.17. The highest BCUT2D eigenvalue weighted by Gasteiger charge is 2.12. The van der Waals surface area contributed by atoms with Gasteiger partial charge in [0.15, 0.2) is 0 Å². The summed E-state index contributed by atoms with van der Waals surface area (Å²) in [6, 6.07) is 12.6. The highest BCUT2D eigenvalue weighted by molar-refractivity contribution is 6.01. The van der Waals surface area contributed by atoms with Gasteiger partial charge in [-0.3, -0.25) is 14.6 Å². The highest BCUT2D eigenvalue weighted by atomic mass is 16.1. The summed E-state index contributed by atoms with van der Waals surface area (Å²) < 4.78 is 1.40. The molecule has 0 fully saturated rings. The van der Waals surface area contributed by atoms with Crippen molar-refractivity contribution < 1.29 is 4.79 Å². The number of carbonyl (C=O) groups excluding carboxylic acids is 1. The molecule has 0 aliphatic carbocycles. The zero-order valence-corrected chi connectivity index (χ0v) is 13.9. The fourth-order valence-corrected chi connectivity index (χ4v) is 2.32. The molecule has 0 aliphatic rings. The number of nitrogens with zero attached hydrogens (tertiary/aromatic N) is 3. The average molecular weight is 335 g/mol. The number of carbonyl (C=O) groups is 1. The van der Waals surface area contributed by atoms with Crippen molar-refractivity contribution in [3.8, 4) is 5.95 Å². The van der Waals surface area contributed by atoms with Gasteiger partial charge in [-0.15, -0.1) is 0 Å². The number of aryl methyl sites for hydroxylation is 2. The van der Waals surface area contributed by atoms with Crippen molar-refractivity contribution in [2.75, 3.05) is 5.32 Å². The molecule has 0 spiro atoms. The third-order valence-electron chi connectivity index (χ3n) is 3.37. The number of aromatic nitrogens is 4. The molecule has 2 heterocycles. The first-order valence-electron chi connectivity index (χ1n) is 7.70. The van der Waals surface area contributed by atoms with E-state index in [1.54, 1.807) is 26.0 Å². The van der Waals surface area contributed by atoms with Crippen LogP contribution in [0.25, 0.3) is 12.0 Å². The van der Waals surface area contributed by atoms with E-state index in [9.17, 15) is 9.59 Å². The van der Waals surface area contributed by atoms with Crippen LogP contribution in [0, 0.1) is 13.8 Å². The Bertz CT molecular complexity index is 986. The number of anilines is 1. The molecule has 126 valence electrons. The lowest BCUT2D eigenvalue weighted by molar-refractivity contribution is -0.111. The van der Waals surface area contributed by atoms with Gasteiger partial charge in [0.25, 0.3) is 5.56 Å². The van der Waals surface area contributed by atoms with Crippen LogP contribution in [-0.2, 0) is 4.79 Å². The summed E-state index contributed by atoms with van der Waals surface area (Å²) in [5, 5.41) is 7.03.